The molecule has 0 unspecified atom stereocenters. The monoisotopic (exact) mass is 249 g/mol. The molecule has 0 saturated carbocycles. The molecule has 1 aromatic heterocycles. The Labute approximate surface area is 105 Å². The number of nitrogens with zero attached hydrogens (tertiary/aromatic N) is 2. The van der Waals surface area contributed by atoms with E-state index >= 15 is 0 Å². The van der Waals surface area contributed by atoms with Gasteiger partial charge in [-0.3, -0.25) is 0 Å². The molecule has 0 radical (unpaired) electrons. The lowest BCUT2D eigenvalue weighted by molar-refractivity contribution is 0.373. The van der Waals surface area contributed by atoms with Crippen LogP contribution < -0.4 is 10.1 Å². The van der Waals surface area contributed by atoms with E-state index in [0.29, 0.717) is 24.5 Å². The van der Waals surface area contributed by atoms with Crippen LogP contribution in [0.15, 0.2) is 30.3 Å². The predicted molar refractivity (Wildman–Crippen MR) is 66.7 cm³/mol. The molecule has 0 saturated heterocycles. The highest BCUT2D eigenvalue weighted by molar-refractivity contribution is 5.18. The number of hydrogen-bond donors (Lipinski definition) is 1. The molecule has 0 atom stereocenters. The summed E-state index contributed by atoms with van der Waals surface area (Å²) in [5, 5.41) is 7.42. The maximum atomic E-state index is 13.4. The number of aryl methyl sites for hydroxylation is 1. The number of nitrogens with one attached hydrogen (secondary N) is 1. The van der Waals surface area contributed by atoms with Crippen LogP contribution in [0, 0.1) is 5.82 Å². The Morgan fingerprint density at radius 1 is 1.33 bits per heavy atom. The van der Waals surface area contributed by atoms with Gasteiger partial charge in [-0.2, -0.15) is 5.10 Å². The maximum Gasteiger partial charge on any atom is 0.211 e. The van der Waals surface area contributed by atoms with E-state index in [-0.39, 0.29) is 5.82 Å². The molecular formula is C13H16FN3O. The number of benzene rings is 1. The molecule has 0 amide bonds. The van der Waals surface area contributed by atoms with Crippen LogP contribution in [0.4, 0.5) is 4.39 Å². The van der Waals surface area contributed by atoms with Gasteiger partial charge >= 0.3 is 0 Å². The fourth-order valence-electron chi connectivity index (χ4n) is 1.75. The predicted octanol–water partition coefficient (Wildman–Crippen LogP) is 1.86. The second-order valence-electron chi connectivity index (χ2n) is 4.00. The highest BCUT2D eigenvalue weighted by Crippen LogP contribution is 2.11. The zero-order valence-electron chi connectivity index (χ0n) is 10.5. The second-order valence-corrected chi connectivity index (χ2v) is 4.00. The lowest BCUT2D eigenvalue weighted by atomic mass is 10.2. The maximum absolute atomic E-state index is 13.4. The Bertz CT molecular complexity index is 525. The zero-order valence-corrected chi connectivity index (χ0v) is 10.5. The number of ether oxygens (including phenoxy) is 1. The van der Waals surface area contributed by atoms with E-state index in [4.69, 9.17) is 4.74 Å². The zero-order chi connectivity index (χ0) is 13.0. The van der Waals surface area contributed by atoms with Gasteiger partial charge in [-0.25, -0.2) is 9.07 Å². The van der Waals surface area contributed by atoms with Gasteiger partial charge in [0.25, 0.3) is 0 Å². The van der Waals surface area contributed by atoms with Gasteiger partial charge in [-0.1, -0.05) is 18.2 Å². The fraction of sp³-hybridized carbons (Fsp3) is 0.308. The van der Waals surface area contributed by atoms with Crippen molar-refractivity contribution in [1.82, 2.24) is 15.1 Å². The van der Waals surface area contributed by atoms with Crippen molar-refractivity contribution in [3.63, 3.8) is 0 Å². The summed E-state index contributed by atoms with van der Waals surface area (Å²) >= 11 is 0. The first-order valence-corrected chi connectivity index (χ1v) is 5.71. The summed E-state index contributed by atoms with van der Waals surface area (Å²) in [5.74, 6) is 0.515. The summed E-state index contributed by atoms with van der Waals surface area (Å²) < 4.78 is 20.1. The summed E-state index contributed by atoms with van der Waals surface area (Å²) in [6.07, 6.45) is 0. The third-order valence-electron chi connectivity index (χ3n) is 2.68. The Kier molecular flexibility index (Phi) is 3.94. The fourth-order valence-corrected chi connectivity index (χ4v) is 1.75. The van der Waals surface area contributed by atoms with E-state index in [9.17, 15) is 4.39 Å². The SMILES string of the molecule is COc1cc(CNCc2ccccc2F)nn1C. The van der Waals surface area contributed by atoms with Crippen molar-refractivity contribution < 1.29 is 9.13 Å². The minimum absolute atomic E-state index is 0.191. The molecular weight excluding hydrogens is 233 g/mol. The summed E-state index contributed by atoms with van der Waals surface area (Å²) in [5.41, 5.74) is 1.52. The Balaban J connectivity index is 1.90. The highest BCUT2D eigenvalue weighted by atomic mass is 19.1. The molecule has 2 aromatic rings. The van der Waals surface area contributed by atoms with Gasteiger partial charge in [0.2, 0.25) is 5.88 Å². The molecule has 96 valence electrons. The third kappa shape index (κ3) is 2.87. The van der Waals surface area contributed by atoms with E-state index in [1.807, 2.05) is 19.2 Å². The molecule has 0 aliphatic rings. The number of halogens is 1. The van der Waals surface area contributed by atoms with Crippen molar-refractivity contribution in [2.75, 3.05) is 7.11 Å². The molecule has 0 bridgehead atoms. The average Bonchev–Trinajstić information content (AvgIpc) is 2.72. The van der Waals surface area contributed by atoms with Gasteiger partial charge in [0.1, 0.15) is 5.82 Å². The van der Waals surface area contributed by atoms with Crippen LogP contribution in [0.1, 0.15) is 11.3 Å². The summed E-state index contributed by atoms with van der Waals surface area (Å²) in [6.45, 7) is 1.05. The van der Waals surface area contributed by atoms with E-state index in [1.165, 1.54) is 6.07 Å². The van der Waals surface area contributed by atoms with Crippen LogP contribution >= 0.6 is 0 Å². The molecule has 1 aromatic carbocycles. The number of methoxy groups -OCH3 is 1. The largest absolute Gasteiger partial charge is 0.481 e. The Morgan fingerprint density at radius 2 is 2.11 bits per heavy atom. The topological polar surface area (TPSA) is 39.1 Å². The lowest BCUT2D eigenvalue weighted by Crippen LogP contribution is -2.14. The van der Waals surface area contributed by atoms with Crippen LogP contribution in [0.3, 0.4) is 0 Å². The van der Waals surface area contributed by atoms with Gasteiger partial charge in [-0.05, 0) is 6.07 Å². The first-order chi connectivity index (χ1) is 8.70. The molecule has 1 heterocycles. The second kappa shape index (κ2) is 5.64. The van der Waals surface area contributed by atoms with Crippen LogP contribution in [0.25, 0.3) is 0 Å². The molecule has 0 spiro atoms. The standard InChI is InChI=1S/C13H16FN3O/c1-17-13(18-2)7-11(16-17)9-15-8-10-5-3-4-6-12(10)14/h3-7,15H,8-9H2,1-2H3. The van der Waals surface area contributed by atoms with Crippen molar-refractivity contribution in [2.24, 2.45) is 7.05 Å². The van der Waals surface area contributed by atoms with Gasteiger partial charge in [0.15, 0.2) is 0 Å². The van der Waals surface area contributed by atoms with Crippen LogP contribution in [0.5, 0.6) is 5.88 Å². The van der Waals surface area contributed by atoms with E-state index in [1.54, 1.807) is 23.9 Å². The average molecular weight is 249 g/mol. The summed E-state index contributed by atoms with van der Waals surface area (Å²) in [4.78, 5) is 0. The van der Waals surface area contributed by atoms with Gasteiger partial charge in [0, 0.05) is 31.8 Å². The number of hydrogen-bond acceptors (Lipinski definition) is 3. The lowest BCUT2D eigenvalue weighted by Gasteiger charge is -2.03. The van der Waals surface area contributed by atoms with E-state index in [0.717, 1.165) is 5.69 Å². The summed E-state index contributed by atoms with van der Waals surface area (Å²) in [7, 11) is 3.42. The highest BCUT2D eigenvalue weighted by Gasteiger charge is 2.05. The quantitative estimate of drug-likeness (QED) is 0.879. The minimum Gasteiger partial charge on any atom is -0.481 e. The van der Waals surface area contributed by atoms with Crippen LogP contribution in [-0.4, -0.2) is 16.9 Å². The van der Waals surface area contributed by atoms with Crippen molar-refractivity contribution in [2.45, 2.75) is 13.1 Å². The van der Waals surface area contributed by atoms with E-state index < -0.39 is 0 Å². The molecule has 0 aliphatic heterocycles. The smallest absolute Gasteiger partial charge is 0.211 e. The van der Waals surface area contributed by atoms with Crippen molar-refractivity contribution in [3.05, 3.63) is 47.4 Å². The first-order valence-electron chi connectivity index (χ1n) is 5.71. The minimum atomic E-state index is -0.191. The molecule has 0 aliphatic carbocycles. The normalized spacial score (nSPS) is 10.6. The van der Waals surface area contributed by atoms with Crippen molar-refractivity contribution in [1.29, 1.82) is 0 Å². The first kappa shape index (κ1) is 12.6. The molecule has 18 heavy (non-hydrogen) atoms. The Hall–Kier alpha value is -1.88. The molecule has 5 heteroatoms. The summed E-state index contributed by atoms with van der Waals surface area (Å²) in [6, 6.07) is 8.59. The Morgan fingerprint density at radius 3 is 2.78 bits per heavy atom. The molecule has 0 fully saturated rings. The van der Waals surface area contributed by atoms with Gasteiger partial charge in [-0.15, -0.1) is 0 Å². The molecule has 2 rings (SSSR count). The van der Waals surface area contributed by atoms with Crippen molar-refractivity contribution in [3.8, 4) is 5.88 Å². The van der Waals surface area contributed by atoms with E-state index in [2.05, 4.69) is 10.4 Å². The number of aromatic nitrogens is 2. The van der Waals surface area contributed by atoms with Crippen LogP contribution in [-0.2, 0) is 20.1 Å². The molecule has 4 nitrogen and oxygen atoms in total. The molecule has 1 N–H and O–H groups in total. The van der Waals surface area contributed by atoms with Crippen LogP contribution in [0.2, 0.25) is 0 Å². The number of rotatable bonds is 5. The third-order valence-corrected chi connectivity index (χ3v) is 2.68. The van der Waals surface area contributed by atoms with Gasteiger partial charge in [0.05, 0.1) is 12.8 Å². The van der Waals surface area contributed by atoms with Gasteiger partial charge < -0.3 is 10.1 Å². The van der Waals surface area contributed by atoms with Crippen molar-refractivity contribution >= 4 is 0 Å².